The number of nitrogens with zero attached hydrogens (tertiary/aromatic N) is 3. The van der Waals surface area contributed by atoms with Crippen molar-refractivity contribution in [2.75, 3.05) is 17.7 Å². The SMILES string of the molecule is Cc1cc(N)nc(-c2ccc3c(c2)CC(=O)N3C)n1. The lowest BCUT2D eigenvalue weighted by atomic mass is 10.1. The molecule has 2 aromatic rings. The van der Waals surface area contributed by atoms with Gasteiger partial charge >= 0.3 is 0 Å². The zero-order valence-electron chi connectivity index (χ0n) is 10.8. The maximum absolute atomic E-state index is 11.7. The van der Waals surface area contributed by atoms with Crippen molar-refractivity contribution in [1.29, 1.82) is 0 Å². The Balaban J connectivity index is 2.08. The van der Waals surface area contributed by atoms with Gasteiger partial charge < -0.3 is 10.6 Å². The zero-order valence-corrected chi connectivity index (χ0v) is 10.8. The molecular formula is C14H14N4O. The third-order valence-electron chi connectivity index (χ3n) is 3.29. The summed E-state index contributed by atoms with van der Waals surface area (Å²) in [5.41, 5.74) is 9.42. The first-order valence-electron chi connectivity index (χ1n) is 6.05. The first kappa shape index (κ1) is 11.6. The second-order valence-corrected chi connectivity index (χ2v) is 4.73. The number of benzene rings is 1. The minimum absolute atomic E-state index is 0.108. The van der Waals surface area contributed by atoms with Crippen LogP contribution in [-0.2, 0) is 11.2 Å². The number of likely N-dealkylation sites (N-methyl/N-ethyl adjacent to an activating group) is 1. The second-order valence-electron chi connectivity index (χ2n) is 4.73. The third kappa shape index (κ3) is 1.93. The molecule has 0 fully saturated rings. The van der Waals surface area contributed by atoms with E-state index in [2.05, 4.69) is 9.97 Å². The maximum atomic E-state index is 11.7. The van der Waals surface area contributed by atoms with Gasteiger partial charge in [-0.25, -0.2) is 9.97 Å². The molecule has 2 heterocycles. The van der Waals surface area contributed by atoms with Crippen molar-refractivity contribution in [1.82, 2.24) is 9.97 Å². The fourth-order valence-corrected chi connectivity index (χ4v) is 2.33. The lowest BCUT2D eigenvalue weighted by Crippen LogP contribution is -2.20. The molecule has 96 valence electrons. The van der Waals surface area contributed by atoms with E-state index in [9.17, 15) is 4.79 Å². The van der Waals surface area contributed by atoms with Gasteiger partial charge in [-0.2, -0.15) is 0 Å². The van der Waals surface area contributed by atoms with Gasteiger partial charge in [-0.1, -0.05) is 0 Å². The largest absolute Gasteiger partial charge is 0.384 e. The molecular weight excluding hydrogens is 240 g/mol. The second kappa shape index (κ2) is 4.05. The van der Waals surface area contributed by atoms with Crippen LogP contribution in [0, 0.1) is 6.92 Å². The Bertz CT molecular complexity index is 661. The summed E-state index contributed by atoms with van der Waals surface area (Å²) in [6.45, 7) is 1.88. The van der Waals surface area contributed by atoms with Crippen molar-refractivity contribution < 1.29 is 4.79 Å². The zero-order chi connectivity index (χ0) is 13.6. The van der Waals surface area contributed by atoms with Crippen molar-refractivity contribution >= 4 is 17.4 Å². The van der Waals surface area contributed by atoms with E-state index in [1.165, 1.54) is 0 Å². The summed E-state index contributed by atoms with van der Waals surface area (Å²) >= 11 is 0. The van der Waals surface area contributed by atoms with E-state index in [1.54, 1.807) is 18.0 Å². The van der Waals surface area contributed by atoms with Crippen LogP contribution in [0.5, 0.6) is 0 Å². The van der Waals surface area contributed by atoms with E-state index >= 15 is 0 Å². The normalized spacial score (nSPS) is 13.8. The average Bonchev–Trinajstić information content (AvgIpc) is 2.63. The fraction of sp³-hybridized carbons (Fsp3) is 0.214. The molecule has 0 atom stereocenters. The van der Waals surface area contributed by atoms with E-state index in [0.29, 0.717) is 18.1 Å². The first-order chi connectivity index (χ1) is 9.04. The summed E-state index contributed by atoms with van der Waals surface area (Å²) < 4.78 is 0. The van der Waals surface area contributed by atoms with E-state index in [1.807, 2.05) is 25.1 Å². The molecule has 0 bridgehead atoms. The van der Waals surface area contributed by atoms with Crippen LogP contribution in [-0.4, -0.2) is 22.9 Å². The Morgan fingerprint density at radius 1 is 1.26 bits per heavy atom. The molecule has 1 aromatic heterocycles. The lowest BCUT2D eigenvalue weighted by molar-refractivity contribution is -0.117. The number of fused-ring (bicyclic) bond motifs is 1. The van der Waals surface area contributed by atoms with Crippen LogP contribution in [0.15, 0.2) is 24.3 Å². The van der Waals surface area contributed by atoms with Gasteiger partial charge in [-0.15, -0.1) is 0 Å². The molecule has 1 aliphatic heterocycles. The number of nitrogen functional groups attached to an aromatic ring is 1. The van der Waals surface area contributed by atoms with Crippen LogP contribution in [0.4, 0.5) is 11.5 Å². The van der Waals surface area contributed by atoms with Gasteiger partial charge in [0.2, 0.25) is 5.91 Å². The van der Waals surface area contributed by atoms with E-state index in [-0.39, 0.29) is 5.91 Å². The minimum Gasteiger partial charge on any atom is -0.384 e. The van der Waals surface area contributed by atoms with Crippen LogP contribution < -0.4 is 10.6 Å². The highest BCUT2D eigenvalue weighted by Crippen LogP contribution is 2.31. The molecule has 1 amide bonds. The molecule has 19 heavy (non-hydrogen) atoms. The standard InChI is InChI=1S/C14H14N4O/c1-8-5-12(15)17-14(16-8)9-3-4-11-10(6-9)7-13(19)18(11)2/h3-6H,7H2,1-2H3,(H2,15,16,17). The van der Waals surface area contributed by atoms with Crippen molar-refractivity contribution in [3.8, 4) is 11.4 Å². The van der Waals surface area contributed by atoms with Crippen molar-refractivity contribution in [2.24, 2.45) is 0 Å². The van der Waals surface area contributed by atoms with Gasteiger partial charge in [-0.05, 0) is 30.7 Å². The molecule has 0 saturated heterocycles. The summed E-state index contributed by atoms with van der Waals surface area (Å²) in [4.78, 5) is 21.9. The number of anilines is 2. The number of hydrogen-bond acceptors (Lipinski definition) is 4. The van der Waals surface area contributed by atoms with Crippen LogP contribution >= 0.6 is 0 Å². The molecule has 1 aliphatic rings. The van der Waals surface area contributed by atoms with Crippen LogP contribution in [0.1, 0.15) is 11.3 Å². The van der Waals surface area contributed by atoms with Gasteiger partial charge in [0, 0.05) is 30.1 Å². The van der Waals surface area contributed by atoms with Crippen LogP contribution in [0.3, 0.4) is 0 Å². The monoisotopic (exact) mass is 254 g/mol. The Hall–Kier alpha value is -2.43. The quantitative estimate of drug-likeness (QED) is 0.838. The third-order valence-corrected chi connectivity index (χ3v) is 3.29. The Labute approximate surface area is 111 Å². The maximum Gasteiger partial charge on any atom is 0.231 e. The van der Waals surface area contributed by atoms with Crippen LogP contribution in [0.25, 0.3) is 11.4 Å². The summed E-state index contributed by atoms with van der Waals surface area (Å²) in [6, 6.07) is 7.54. The summed E-state index contributed by atoms with van der Waals surface area (Å²) in [5, 5.41) is 0. The highest BCUT2D eigenvalue weighted by Gasteiger charge is 2.24. The molecule has 3 rings (SSSR count). The Morgan fingerprint density at radius 2 is 2.05 bits per heavy atom. The highest BCUT2D eigenvalue weighted by atomic mass is 16.2. The number of hydrogen-bond donors (Lipinski definition) is 1. The number of aromatic nitrogens is 2. The first-order valence-corrected chi connectivity index (χ1v) is 6.05. The number of nitrogens with two attached hydrogens (primary N) is 1. The van der Waals surface area contributed by atoms with E-state index < -0.39 is 0 Å². The lowest BCUT2D eigenvalue weighted by Gasteiger charge is -2.10. The van der Waals surface area contributed by atoms with Gasteiger partial charge in [-0.3, -0.25) is 4.79 Å². The van der Waals surface area contributed by atoms with E-state index in [4.69, 9.17) is 5.73 Å². The molecule has 1 aromatic carbocycles. The molecule has 0 aliphatic carbocycles. The topological polar surface area (TPSA) is 72.1 Å². The smallest absolute Gasteiger partial charge is 0.231 e. The van der Waals surface area contributed by atoms with E-state index in [0.717, 1.165) is 22.5 Å². The highest BCUT2D eigenvalue weighted by molar-refractivity contribution is 6.01. The molecule has 5 nitrogen and oxygen atoms in total. The molecule has 0 spiro atoms. The molecule has 5 heteroatoms. The predicted octanol–water partition coefficient (Wildman–Crippen LogP) is 1.55. The average molecular weight is 254 g/mol. The number of aryl methyl sites for hydroxylation is 1. The fourth-order valence-electron chi connectivity index (χ4n) is 2.33. The molecule has 0 radical (unpaired) electrons. The minimum atomic E-state index is 0.108. The molecule has 2 N–H and O–H groups in total. The van der Waals surface area contributed by atoms with Crippen LogP contribution in [0.2, 0.25) is 0 Å². The number of amides is 1. The van der Waals surface area contributed by atoms with Gasteiger partial charge in [0.15, 0.2) is 5.82 Å². The Morgan fingerprint density at radius 3 is 2.79 bits per heavy atom. The van der Waals surface area contributed by atoms with Crippen molar-refractivity contribution in [3.63, 3.8) is 0 Å². The predicted molar refractivity (Wildman–Crippen MR) is 73.7 cm³/mol. The number of carbonyl (C=O) groups is 1. The summed E-state index contributed by atoms with van der Waals surface area (Å²) in [7, 11) is 1.79. The Kier molecular flexibility index (Phi) is 2.48. The van der Waals surface area contributed by atoms with Crippen molar-refractivity contribution in [3.05, 3.63) is 35.5 Å². The van der Waals surface area contributed by atoms with Gasteiger partial charge in [0.25, 0.3) is 0 Å². The number of rotatable bonds is 1. The number of carbonyl (C=O) groups excluding carboxylic acids is 1. The molecule has 0 unspecified atom stereocenters. The molecule has 0 saturated carbocycles. The van der Waals surface area contributed by atoms with Crippen molar-refractivity contribution in [2.45, 2.75) is 13.3 Å². The van der Waals surface area contributed by atoms with Gasteiger partial charge in [0.1, 0.15) is 5.82 Å². The summed E-state index contributed by atoms with van der Waals surface area (Å²) in [6.07, 6.45) is 0.432. The van der Waals surface area contributed by atoms with Gasteiger partial charge in [0.05, 0.1) is 6.42 Å². The summed E-state index contributed by atoms with van der Waals surface area (Å²) in [5.74, 6) is 1.16.